The van der Waals surface area contributed by atoms with Gasteiger partial charge in [-0.05, 0) is 18.4 Å². The molecule has 0 rings (SSSR count). The monoisotopic (exact) mass is 274 g/mol. The highest BCUT2D eigenvalue weighted by Crippen LogP contribution is 2.13. The van der Waals surface area contributed by atoms with Crippen LogP contribution in [0.15, 0.2) is 0 Å². The molecule has 1 atom stereocenters. The van der Waals surface area contributed by atoms with Gasteiger partial charge in [0.25, 0.3) is 0 Å². The van der Waals surface area contributed by atoms with Crippen LogP contribution in [-0.2, 0) is 9.53 Å². The predicted molar refractivity (Wildman–Crippen MR) is 60.9 cm³/mol. The lowest BCUT2D eigenvalue weighted by atomic mass is 10.2. The Morgan fingerprint density at radius 1 is 1.53 bits per heavy atom. The molecule has 0 fully saturated rings. The fourth-order valence-electron chi connectivity index (χ4n) is 0.941. The normalized spacial score (nSPS) is 13.5. The Kier molecular flexibility index (Phi) is 8.36. The highest BCUT2D eigenvalue weighted by atomic mass is 32.2. The summed E-state index contributed by atoms with van der Waals surface area (Å²) in [7, 11) is 0. The summed E-state index contributed by atoms with van der Waals surface area (Å²) in [5.74, 6) is 0.397. The first kappa shape index (κ1) is 16.5. The van der Waals surface area contributed by atoms with Crippen molar-refractivity contribution in [1.29, 1.82) is 0 Å². The van der Waals surface area contributed by atoms with E-state index in [1.807, 2.05) is 6.26 Å². The molecule has 3 N–H and O–H groups in total. The first-order chi connectivity index (χ1) is 7.87. The van der Waals surface area contributed by atoms with Gasteiger partial charge >= 0.3 is 6.18 Å². The van der Waals surface area contributed by atoms with Crippen molar-refractivity contribution in [2.75, 3.05) is 31.8 Å². The molecule has 0 aliphatic rings. The Bertz CT molecular complexity index is 227. The first-order valence-corrected chi connectivity index (χ1v) is 6.43. The third-order valence-electron chi connectivity index (χ3n) is 1.78. The number of nitrogens with two attached hydrogens (primary N) is 1. The number of carbonyl (C=O) groups is 1. The summed E-state index contributed by atoms with van der Waals surface area (Å²) in [4.78, 5) is 11.3. The maximum atomic E-state index is 11.7. The van der Waals surface area contributed by atoms with Gasteiger partial charge in [-0.1, -0.05) is 0 Å². The average molecular weight is 274 g/mol. The molecule has 0 spiro atoms. The highest BCUT2D eigenvalue weighted by Gasteiger charge is 2.27. The summed E-state index contributed by atoms with van der Waals surface area (Å²) in [6.07, 6.45) is -1.90. The number of amides is 1. The van der Waals surface area contributed by atoms with E-state index < -0.39 is 18.8 Å². The summed E-state index contributed by atoms with van der Waals surface area (Å²) in [6.45, 7) is -1.45. The fourth-order valence-corrected chi connectivity index (χ4v) is 1.43. The number of ether oxygens (including phenoxy) is 1. The largest absolute Gasteiger partial charge is 0.411 e. The van der Waals surface area contributed by atoms with Crippen molar-refractivity contribution >= 4 is 17.7 Å². The lowest BCUT2D eigenvalue weighted by Crippen LogP contribution is -2.42. The van der Waals surface area contributed by atoms with Gasteiger partial charge in [-0.3, -0.25) is 4.79 Å². The van der Waals surface area contributed by atoms with Gasteiger partial charge in [0.15, 0.2) is 0 Å². The number of thioether (sulfide) groups is 1. The van der Waals surface area contributed by atoms with Crippen LogP contribution < -0.4 is 11.1 Å². The van der Waals surface area contributed by atoms with Crippen molar-refractivity contribution in [2.24, 2.45) is 5.73 Å². The van der Waals surface area contributed by atoms with Crippen LogP contribution in [0.2, 0.25) is 0 Å². The maximum absolute atomic E-state index is 11.7. The minimum atomic E-state index is -4.33. The summed E-state index contributed by atoms with van der Waals surface area (Å²) >= 11 is 1.57. The Hall–Kier alpha value is -0.470. The molecule has 0 heterocycles. The van der Waals surface area contributed by atoms with E-state index in [9.17, 15) is 18.0 Å². The molecule has 102 valence electrons. The summed E-state index contributed by atoms with van der Waals surface area (Å²) in [6, 6.07) is -0.620. The molecule has 0 aliphatic carbocycles. The number of carbonyl (C=O) groups excluding carboxylic acids is 1. The van der Waals surface area contributed by atoms with Crippen LogP contribution in [0.4, 0.5) is 13.2 Å². The van der Waals surface area contributed by atoms with Crippen molar-refractivity contribution < 1.29 is 22.7 Å². The molecule has 0 radical (unpaired) electrons. The zero-order valence-corrected chi connectivity index (χ0v) is 10.4. The van der Waals surface area contributed by atoms with Crippen LogP contribution in [0.3, 0.4) is 0 Å². The number of alkyl halides is 3. The van der Waals surface area contributed by atoms with Gasteiger partial charge < -0.3 is 15.8 Å². The van der Waals surface area contributed by atoms with Crippen LogP contribution in [0.5, 0.6) is 0 Å². The van der Waals surface area contributed by atoms with Gasteiger partial charge in [0.05, 0.1) is 12.6 Å². The molecule has 0 saturated carbocycles. The van der Waals surface area contributed by atoms with Crippen LogP contribution in [0.1, 0.15) is 6.42 Å². The Balaban J connectivity index is 3.51. The van der Waals surface area contributed by atoms with Crippen molar-refractivity contribution in [2.45, 2.75) is 18.6 Å². The van der Waals surface area contributed by atoms with Gasteiger partial charge in [0.2, 0.25) is 5.91 Å². The molecule has 0 aromatic heterocycles. The third-order valence-corrected chi connectivity index (χ3v) is 2.43. The molecule has 4 nitrogen and oxygen atoms in total. The molecule has 0 saturated heterocycles. The van der Waals surface area contributed by atoms with E-state index in [2.05, 4.69) is 10.1 Å². The van der Waals surface area contributed by atoms with Crippen molar-refractivity contribution in [3.8, 4) is 0 Å². The van der Waals surface area contributed by atoms with E-state index in [1.54, 1.807) is 11.8 Å². The van der Waals surface area contributed by atoms with Gasteiger partial charge in [0, 0.05) is 6.54 Å². The zero-order valence-electron chi connectivity index (χ0n) is 9.55. The van der Waals surface area contributed by atoms with E-state index >= 15 is 0 Å². The maximum Gasteiger partial charge on any atom is 0.411 e. The van der Waals surface area contributed by atoms with Gasteiger partial charge in [-0.15, -0.1) is 0 Å². The molecule has 0 aliphatic heterocycles. The zero-order chi connectivity index (χ0) is 13.3. The van der Waals surface area contributed by atoms with Gasteiger partial charge in [0.1, 0.15) is 6.61 Å². The number of halogens is 3. The molecule has 0 unspecified atom stereocenters. The fraction of sp³-hybridized carbons (Fsp3) is 0.889. The standard InChI is InChI=1S/C9H17F3N2O2S/c1-17-5-2-7(13)8(15)14-3-4-16-6-9(10,11)12/h7H,2-6,13H2,1H3,(H,14,15)/t7-/m1/s1. The molecule has 0 bridgehead atoms. The van der Waals surface area contributed by atoms with Crippen LogP contribution in [-0.4, -0.2) is 49.9 Å². The highest BCUT2D eigenvalue weighted by molar-refractivity contribution is 7.98. The van der Waals surface area contributed by atoms with E-state index in [0.29, 0.717) is 6.42 Å². The minimum Gasteiger partial charge on any atom is -0.370 e. The lowest BCUT2D eigenvalue weighted by molar-refractivity contribution is -0.173. The van der Waals surface area contributed by atoms with Gasteiger partial charge in [-0.25, -0.2) is 0 Å². The Labute approximate surface area is 102 Å². The van der Waals surface area contributed by atoms with Crippen molar-refractivity contribution in [3.05, 3.63) is 0 Å². The van der Waals surface area contributed by atoms with Crippen molar-refractivity contribution in [1.82, 2.24) is 5.32 Å². The van der Waals surface area contributed by atoms with E-state index in [1.165, 1.54) is 0 Å². The number of nitrogens with one attached hydrogen (secondary N) is 1. The minimum absolute atomic E-state index is 0.0296. The molecular formula is C9H17F3N2O2S. The Morgan fingerprint density at radius 2 is 2.18 bits per heavy atom. The second kappa shape index (κ2) is 8.60. The molecule has 0 aromatic carbocycles. The quantitative estimate of drug-likeness (QED) is 0.641. The van der Waals surface area contributed by atoms with Crippen LogP contribution in [0, 0.1) is 0 Å². The number of rotatable bonds is 8. The van der Waals surface area contributed by atoms with Crippen LogP contribution in [0.25, 0.3) is 0 Å². The van der Waals surface area contributed by atoms with Gasteiger partial charge in [-0.2, -0.15) is 24.9 Å². The SMILES string of the molecule is CSCC[C@@H](N)C(=O)NCCOCC(F)(F)F. The van der Waals surface area contributed by atoms with E-state index in [-0.39, 0.29) is 19.1 Å². The lowest BCUT2D eigenvalue weighted by Gasteiger charge is -2.12. The predicted octanol–water partition coefficient (Wildman–Crippen LogP) is 0.762. The average Bonchev–Trinajstić information content (AvgIpc) is 2.23. The molecular weight excluding hydrogens is 257 g/mol. The molecule has 8 heteroatoms. The smallest absolute Gasteiger partial charge is 0.370 e. The van der Waals surface area contributed by atoms with E-state index in [4.69, 9.17) is 5.73 Å². The second-order valence-corrected chi connectivity index (χ2v) is 4.33. The van der Waals surface area contributed by atoms with E-state index in [0.717, 1.165) is 5.75 Å². The third kappa shape index (κ3) is 10.4. The van der Waals surface area contributed by atoms with Crippen molar-refractivity contribution in [3.63, 3.8) is 0 Å². The van der Waals surface area contributed by atoms with Crippen LogP contribution >= 0.6 is 11.8 Å². The first-order valence-electron chi connectivity index (χ1n) is 5.03. The topological polar surface area (TPSA) is 64.4 Å². The summed E-state index contributed by atoms with van der Waals surface area (Å²) < 4.78 is 39.3. The summed E-state index contributed by atoms with van der Waals surface area (Å²) in [5.41, 5.74) is 5.54. The molecule has 1 amide bonds. The molecule has 0 aromatic rings. The molecule has 17 heavy (non-hydrogen) atoms. The summed E-state index contributed by atoms with van der Waals surface area (Å²) in [5, 5.41) is 2.41. The number of hydrogen-bond acceptors (Lipinski definition) is 4. The Morgan fingerprint density at radius 3 is 2.71 bits per heavy atom. The second-order valence-electron chi connectivity index (χ2n) is 3.35. The number of hydrogen-bond donors (Lipinski definition) is 2.